The Balaban J connectivity index is 1.05. The van der Waals surface area contributed by atoms with Crippen molar-refractivity contribution in [2.24, 2.45) is 5.92 Å². The summed E-state index contributed by atoms with van der Waals surface area (Å²) in [6.45, 7) is 4.28. The lowest BCUT2D eigenvalue weighted by Crippen LogP contribution is -2.35. The molecule has 0 N–H and O–H groups in total. The van der Waals surface area contributed by atoms with Gasteiger partial charge in [-0.1, -0.05) is 30.3 Å². The largest absolute Gasteiger partial charge is 0.493 e. The average molecular weight is 446 g/mol. The molecular formula is C29H35NO3. The number of fused-ring (bicyclic) bond motifs is 3. The van der Waals surface area contributed by atoms with Crippen molar-refractivity contribution in [3.63, 3.8) is 0 Å². The van der Waals surface area contributed by atoms with Crippen LogP contribution in [-0.2, 0) is 19.3 Å². The Hall–Kier alpha value is -2.59. The summed E-state index contributed by atoms with van der Waals surface area (Å²) in [5, 5.41) is 1.08. The van der Waals surface area contributed by atoms with Gasteiger partial charge < -0.3 is 14.1 Å². The van der Waals surface area contributed by atoms with Crippen molar-refractivity contribution in [2.45, 2.75) is 57.8 Å². The predicted molar refractivity (Wildman–Crippen MR) is 133 cm³/mol. The number of hydrogen-bond donors (Lipinski definition) is 0. The van der Waals surface area contributed by atoms with Crippen LogP contribution in [0.1, 0.15) is 55.2 Å². The summed E-state index contributed by atoms with van der Waals surface area (Å²) < 4.78 is 11.6. The van der Waals surface area contributed by atoms with Crippen LogP contribution in [0.4, 0.5) is 0 Å². The Morgan fingerprint density at radius 1 is 0.939 bits per heavy atom. The quantitative estimate of drug-likeness (QED) is 0.325. The van der Waals surface area contributed by atoms with E-state index >= 15 is 0 Å². The summed E-state index contributed by atoms with van der Waals surface area (Å²) in [5.41, 5.74) is 4.04. The molecule has 0 bridgehead atoms. The number of benzene rings is 2. The lowest BCUT2D eigenvalue weighted by atomic mass is 9.90. The Morgan fingerprint density at radius 3 is 2.55 bits per heavy atom. The summed E-state index contributed by atoms with van der Waals surface area (Å²) in [6, 6.07) is 16.9. The predicted octanol–water partition coefficient (Wildman–Crippen LogP) is 5.79. The van der Waals surface area contributed by atoms with Crippen LogP contribution >= 0.6 is 0 Å². The zero-order valence-electron chi connectivity index (χ0n) is 19.6. The van der Waals surface area contributed by atoms with E-state index in [0.717, 1.165) is 67.7 Å². The summed E-state index contributed by atoms with van der Waals surface area (Å²) in [7, 11) is 0. The molecule has 3 aromatic rings. The molecule has 1 saturated heterocycles. The molecule has 4 heteroatoms. The molecule has 1 aliphatic carbocycles. The van der Waals surface area contributed by atoms with Gasteiger partial charge in [0.1, 0.15) is 11.3 Å². The Morgan fingerprint density at radius 2 is 1.73 bits per heavy atom. The maximum Gasteiger partial charge on any atom is 0.339 e. The van der Waals surface area contributed by atoms with Gasteiger partial charge in [-0.2, -0.15) is 0 Å². The third-order valence-corrected chi connectivity index (χ3v) is 7.41. The molecule has 0 radical (unpaired) electrons. The zero-order chi connectivity index (χ0) is 22.5. The van der Waals surface area contributed by atoms with Gasteiger partial charge in [0.2, 0.25) is 0 Å². The Bertz CT molecular complexity index is 1110. The molecule has 0 atom stereocenters. The number of rotatable bonds is 8. The molecule has 2 aromatic carbocycles. The van der Waals surface area contributed by atoms with Gasteiger partial charge in [0, 0.05) is 17.0 Å². The van der Waals surface area contributed by atoms with Crippen molar-refractivity contribution >= 4 is 11.0 Å². The van der Waals surface area contributed by atoms with E-state index in [1.807, 2.05) is 12.1 Å². The molecule has 1 fully saturated rings. The van der Waals surface area contributed by atoms with Crippen molar-refractivity contribution in [1.82, 2.24) is 4.90 Å². The van der Waals surface area contributed by atoms with E-state index < -0.39 is 0 Å². The summed E-state index contributed by atoms with van der Waals surface area (Å²) in [4.78, 5) is 14.9. The lowest BCUT2D eigenvalue weighted by molar-refractivity contribution is 0.177. The first-order chi connectivity index (χ1) is 16.3. The second-order valence-corrected chi connectivity index (χ2v) is 9.74. The molecule has 2 aliphatic rings. The van der Waals surface area contributed by atoms with Gasteiger partial charge in [0.05, 0.1) is 6.61 Å². The maximum atomic E-state index is 12.3. The number of likely N-dealkylation sites (tertiary alicyclic amines) is 1. The highest BCUT2D eigenvalue weighted by Gasteiger charge is 2.20. The van der Waals surface area contributed by atoms with Crippen LogP contribution in [0.15, 0.2) is 57.7 Å². The minimum atomic E-state index is -0.165. The maximum absolute atomic E-state index is 12.3. The second kappa shape index (κ2) is 10.6. The van der Waals surface area contributed by atoms with Crippen molar-refractivity contribution in [3.8, 4) is 5.75 Å². The summed E-state index contributed by atoms with van der Waals surface area (Å²) >= 11 is 0. The molecule has 174 valence electrons. The van der Waals surface area contributed by atoms with Crippen LogP contribution < -0.4 is 10.4 Å². The molecule has 0 spiro atoms. The standard InChI is InChI=1S/C29H35NO3/c31-29-27-11-5-4-10-25(27)26-13-12-24(21-28(26)33-29)32-19-7-6-16-30-17-14-23(15-18-30)20-22-8-2-1-3-9-22/h1-3,8-9,12-13,21,23H,4-7,10-11,14-20H2. The third kappa shape index (κ3) is 5.50. The van der Waals surface area contributed by atoms with Crippen molar-refractivity contribution in [3.05, 3.63) is 75.6 Å². The fraction of sp³-hybridized carbons (Fsp3) is 0.483. The molecule has 0 unspecified atom stereocenters. The third-order valence-electron chi connectivity index (χ3n) is 7.41. The van der Waals surface area contributed by atoms with Gasteiger partial charge in [0.15, 0.2) is 0 Å². The van der Waals surface area contributed by atoms with E-state index in [9.17, 15) is 4.79 Å². The SMILES string of the molecule is O=c1oc2cc(OCCCCN3CCC(Cc4ccccc4)CC3)ccc2c2c1CCCC2. The van der Waals surface area contributed by atoms with Crippen LogP contribution in [-0.4, -0.2) is 31.1 Å². The number of aryl methyl sites for hydroxylation is 1. The number of piperidine rings is 1. The van der Waals surface area contributed by atoms with Gasteiger partial charge in [-0.3, -0.25) is 0 Å². The first kappa shape index (κ1) is 22.2. The van der Waals surface area contributed by atoms with Crippen LogP contribution in [0, 0.1) is 5.92 Å². The smallest absolute Gasteiger partial charge is 0.339 e. The van der Waals surface area contributed by atoms with Crippen molar-refractivity contribution in [2.75, 3.05) is 26.2 Å². The van der Waals surface area contributed by atoms with Crippen LogP contribution in [0.25, 0.3) is 11.0 Å². The fourth-order valence-corrected chi connectivity index (χ4v) is 5.50. The van der Waals surface area contributed by atoms with Gasteiger partial charge in [0.25, 0.3) is 0 Å². The van der Waals surface area contributed by atoms with E-state index in [1.54, 1.807) is 0 Å². The molecular weight excluding hydrogens is 410 g/mol. The normalized spacial score (nSPS) is 17.2. The topological polar surface area (TPSA) is 42.7 Å². The monoisotopic (exact) mass is 445 g/mol. The molecule has 1 aromatic heterocycles. The fourth-order valence-electron chi connectivity index (χ4n) is 5.50. The van der Waals surface area contributed by atoms with Crippen LogP contribution in [0.2, 0.25) is 0 Å². The zero-order valence-corrected chi connectivity index (χ0v) is 19.6. The summed E-state index contributed by atoms with van der Waals surface area (Å²) in [5.74, 6) is 1.62. The number of hydrogen-bond acceptors (Lipinski definition) is 4. The average Bonchev–Trinajstić information content (AvgIpc) is 2.85. The summed E-state index contributed by atoms with van der Waals surface area (Å²) in [6.07, 6.45) is 10.1. The highest BCUT2D eigenvalue weighted by atomic mass is 16.5. The Kier molecular flexibility index (Phi) is 7.11. The van der Waals surface area contributed by atoms with E-state index in [2.05, 4.69) is 41.3 Å². The van der Waals surface area contributed by atoms with E-state index in [-0.39, 0.29) is 5.63 Å². The first-order valence-electron chi connectivity index (χ1n) is 12.7. The molecule has 1 aliphatic heterocycles. The number of unbranched alkanes of at least 4 members (excludes halogenated alkanes) is 1. The number of nitrogens with zero attached hydrogens (tertiary/aromatic N) is 1. The number of ether oxygens (including phenoxy) is 1. The van der Waals surface area contributed by atoms with Gasteiger partial charge in [-0.05, 0) is 107 Å². The first-order valence-corrected chi connectivity index (χ1v) is 12.7. The van der Waals surface area contributed by atoms with Crippen LogP contribution in [0.3, 0.4) is 0 Å². The van der Waals surface area contributed by atoms with Crippen LogP contribution in [0.5, 0.6) is 5.75 Å². The van der Waals surface area contributed by atoms with Gasteiger partial charge in [-0.15, -0.1) is 0 Å². The Labute approximate surface area is 196 Å². The minimum absolute atomic E-state index is 0.165. The molecule has 0 saturated carbocycles. The van der Waals surface area contributed by atoms with E-state index in [0.29, 0.717) is 12.2 Å². The van der Waals surface area contributed by atoms with Crippen molar-refractivity contribution in [1.29, 1.82) is 0 Å². The molecule has 2 heterocycles. The molecule has 33 heavy (non-hydrogen) atoms. The molecule has 0 amide bonds. The molecule has 4 nitrogen and oxygen atoms in total. The van der Waals surface area contributed by atoms with E-state index in [1.165, 1.54) is 43.5 Å². The minimum Gasteiger partial charge on any atom is -0.493 e. The second-order valence-electron chi connectivity index (χ2n) is 9.74. The van der Waals surface area contributed by atoms with E-state index in [4.69, 9.17) is 9.15 Å². The lowest BCUT2D eigenvalue weighted by Gasteiger charge is -2.32. The van der Waals surface area contributed by atoms with Gasteiger partial charge >= 0.3 is 5.63 Å². The highest BCUT2D eigenvalue weighted by molar-refractivity contribution is 5.82. The van der Waals surface area contributed by atoms with Gasteiger partial charge in [-0.25, -0.2) is 4.79 Å². The van der Waals surface area contributed by atoms with Crippen molar-refractivity contribution < 1.29 is 9.15 Å². The molecule has 5 rings (SSSR count). The highest BCUT2D eigenvalue weighted by Crippen LogP contribution is 2.29.